The highest BCUT2D eigenvalue weighted by Gasteiger charge is 1.87. The van der Waals surface area contributed by atoms with Crippen LogP contribution in [-0.2, 0) is 0 Å². The van der Waals surface area contributed by atoms with Gasteiger partial charge in [0.1, 0.15) is 0 Å². The van der Waals surface area contributed by atoms with Crippen LogP contribution in [0.3, 0.4) is 0 Å². The number of nitrogens with two attached hydrogens (primary N) is 1. The van der Waals surface area contributed by atoms with Crippen molar-refractivity contribution in [3.05, 3.63) is 23.8 Å². The molecule has 0 saturated carbocycles. The number of thiocarbonyl (C=S) groups is 1. The summed E-state index contributed by atoms with van der Waals surface area (Å²) in [6, 6.07) is 3.15. The number of rotatable bonds is 0. The van der Waals surface area contributed by atoms with Crippen LogP contribution in [0.4, 0.5) is 0 Å². The zero-order valence-corrected chi connectivity index (χ0v) is 6.32. The fraction of sp³-hybridized carbons (Fsp3) is 0. The summed E-state index contributed by atoms with van der Waals surface area (Å²) in [6.07, 6.45) is 1.42. The Morgan fingerprint density at radius 2 is 2.55 bits per heavy atom. The lowest BCUT2D eigenvalue weighted by molar-refractivity contribution is 0.132. The highest BCUT2D eigenvalue weighted by Crippen LogP contribution is 1.71. The zero-order chi connectivity index (χ0) is 8.27. The third-order valence-corrected chi connectivity index (χ3v) is 1.03. The van der Waals surface area contributed by atoms with Crippen LogP contribution in [0.1, 0.15) is 0 Å². The molecule has 5 nitrogen and oxygen atoms in total. The SMILES string of the molecule is NC(=S)N=c1cccnn1O. The van der Waals surface area contributed by atoms with Gasteiger partial charge in [-0.05, 0) is 24.4 Å². The van der Waals surface area contributed by atoms with Gasteiger partial charge in [0.05, 0.1) is 6.20 Å². The van der Waals surface area contributed by atoms with Crippen molar-refractivity contribution < 1.29 is 5.21 Å². The minimum Gasteiger partial charge on any atom is -0.410 e. The van der Waals surface area contributed by atoms with Crippen molar-refractivity contribution in [1.82, 2.24) is 9.94 Å². The molecule has 1 aromatic heterocycles. The first kappa shape index (κ1) is 7.67. The molecule has 11 heavy (non-hydrogen) atoms. The maximum atomic E-state index is 8.96. The Bertz CT molecular complexity index is 331. The first-order chi connectivity index (χ1) is 5.20. The lowest BCUT2D eigenvalue weighted by atomic mass is 10.6. The Kier molecular flexibility index (Phi) is 2.17. The molecule has 0 aliphatic carbocycles. The lowest BCUT2D eigenvalue weighted by Crippen LogP contribution is -2.23. The average molecular weight is 170 g/mol. The van der Waals surface area contributed by atoms with Crippen molar-refractivity contribution >= 4 is 17.3 Å². The predicted molar refractivity (Wildman–Crippen MR) is 41.8 cm³/mol. The molecule has 0 aromatic carbocycles. The van der Waals surface area contributed by atoms with Crippen molar-refractivity contribution in [1.29, 1.82) is 0 Å². The molecule has 0 atom stereocenters. The molecule has 58 valence electrons. The molecular formula is C5H6N4OS. The summed E-state index contributed by atoms with van der Waals surface area (Å²) in [5.74, 6) is 0. The quantitative estimate of drug-likeness (QED) is 0.397. The van der Waals surface area contributed by atoms with Crippen LogP contribution in [0, 0.1) is 0 Å². The zero-order valence-electron chi connectivity index (χ0n) is 5.51. The third-order valence-electron chi connectivity index (χ3n) is 0.937. The maximum Gasteiger partial charge on any atom is 0.192 e. The molecular weight excluding hydrogens is 164 g/mol. The molecule has 3 N–H and O–H groups in total. The molecule has 0 amide bonds. The molecule has 0 fully saturated rings. The molecule has 1 heterocycles. The normalized spacial score (nSPS) is 11.5. The smallest absolute Gasteiger partial charge is 0.192 e. The van der Waals surface area contributed by atoms with Crippen molar-refractivity contribution in [3.8, 4) is 0 Å². The topological polar surface area (TPSA) is 76.4 Å². The van der Waals surface area contributed by atoms with Gasteiger partial charge in [0.15, 0.2) is 10.6 Å². The van der Waals surface area contributed by atoms with Crippen molar-refractivity contribution in [2.75, 3.05) is 0 Å². The van der Waals surface area contributed by atoms with E-state index in [2.05, 4.69) is 22.3 Å². The molecule has 6 heteroatoms. The van der Waals surface area contributed by atoms with E-state index >= 15 is 0 Å². The van der Waals surface area contributed by atoms with Gasteiger partial charge in [-0.2, -0.15) is 4.99 Å². The monoisotopic (exact) mass is 170 g/mol. The third kappa shape index (κ3) is 2.01. The average Bonchev–Trinajstić information content (AvgIpc) is 1.93. The number of aromatic nitrogens is 2. The Morgan fingerprint density at radius 1 is 1.82 bits per heavy atom. The Morgan fingerprint density at radius 3 is 3.09 bits per heavy atom. The lowest BCUT2D eigenvalue weighted by Gasteiger charge is -1.93. The highest BCUT2D eigenvalue weighted by molar-refractivity contribution is 7.80. The maximum absolute atomic E-state index is 8.96. The first-order valence-electron chi connectivity index (χ1n) is 2.78. The van der Waals surface area contributed by atoms with Gasteiger partial charge in [0.25, 0.3) is 0 Å². The van der Waals surface area contributed by atoms with E-state index in [1.807, 2.05) is 0 Å². The van der Waals surface area contributed by atoms with Crippen LogP contribution in [0.15, 0.2) is 23.3 Å². The van der Waals surface area contributed by atoms with Crippen LogP contribution in [0.2, 0.25) is 0 Å². The van der Waals surface area contributed by atoms with E-state index in [-0.39, 0.29) is 10.6 Å². The van der Waals surface area contributed by atoms with E-state index in [1.165, 1.54) is 12.3 Å². The predicted octanol–water partition coefficient (Wildman–Crippen LogP) is -0.735. The van der Waals surface area contributed by atoms with Crippen molar-refractivity contribution in [2.45, 2.75) is 0 Å². The van der Waals surface area contributed by atoms with Gasteiger partial charge in [-0.25, -0.2) is 0 Å². The molecule has 0 unspecified atom stereocenters. The largest absolute Gasteiger partial charge is 0.410 e. The summed E-state index contributed by atoms with van der Waals surface area (Å²) in [7, 11) is 0. The molecule has 0 aliphatic heterocycles. The van der Waals surface area contributed by atoms with Crippen LogP contribution >= 0.6 is 12.2 Å². The number of nitrogens with zero attached hydrogens (tertiary/aromatic N) is 3. The Labute approximate surface area is 67.8 Å². The standard InChI is InChI=1S/C5H6N4OS/c6-5(11)8-4-2-1-3-7-9(4)10/h1-3,10H,(H2,6,11). The minimum absolute atomic E-state index is 0.0409. The Hall–Kier alpha value is -1.43. The summed E-state index contributed by atoms with van der Waals surface area (Å²) < 4.78 is 0. The second-order valence-corrected chi connectivity index (χ2v) is 2.14. The van der Waals surface area contributed by atoms with Crippen molar-refractivity contribution in [2.24, 2.45) is 10.7 Å². The molecule has 0 spiro atoms. The summed E-state index contributed by atoms with van der Waals surface area (Å²) in [6.45, 7) is 0. The molecule has 0 bridgehead atoms. The Balaban J connectivity index is 3.23. The van der Waals surface area contributed by atoms with Gasteiger partial charge in [0.2, 0.25) is 0 Å². The minimum atomic E-state index is -0.0409. The van der Waals surface area contributed by atoms with Gasteiger partial charge in [0, 0.05) is 0 Å². The van der Waals surface area contributed by atoms with E-state index in [0.29, 0.717) is 4.85 Å². The summed E-state index contributed by atoms with van der Waals surface area (Å²) in [5, 5.41) is 12.4. The van der Waals surface area contributed by atoms with E-state index in [9.17, 15) is 0 Å². The van der Waals surface area contributed by atoms with Gasteiger partial charge in [-0.15, -0.1) is 5.10 Å². The first-order valence-corrected chi connectivity index (χ1v) is 3.19. The van der Waals surface area contributed by atoms with E-state index in [4.69, 9.17) is 10.9 Å². The fourth-order valence-corrected chi connectivity index (χ4v) is 0.645. The van der Waals surface area contributed by atoms with Crippen LogP contribution in [0.25, 0.3) is 0 Å². The molecule has 0 radical (unpaired) electrons. The van der Waals surface area contributed by atoms with Crippen LogP contribution < -0.4 is 11.2 Å². The van der Waals surface area contributed by atoms with Gasteiger partial charge >= 0.3 is 0 Å². The summed E-state index contributed by atoms with van der Waals surface area (Å²) in [4.78, 5) is 4.22. The van der Waals surface area contributed by atoms with Crippen LogP contribution in [0.5, 0.6) is 0 Å². The fourth-order valence-electron chi connectivity index (χ4n) is 0.551. The number of hydrogen-bond acceptors (Lipinski definition) is 3. The molecule has 0 aliphatic rings. The van der Waals surface area contributed by atoms with E-state index in [0.717, 1.165) is 0 Å². The van der Waals surface area contributed by atoms with Crippen LogP contribution in [-0.4, -0.2) is 20.3 Å². The number of hydrogen-bond donors (Lipinski definition) is 2. The molecule has 0 saturated heterocycles. The molecule has 1 rings (SSSR count). The second-order valence-electron chi connectivity index (χ2n) is 1.72. The van der Waals surface area contributed by atoms with E-state index in [1.54, 1.807) is 6.07 Å². The second kappa shape index (κ2) is 3.11. The van der Waals surface area contributed by atoms with Gasteiger partial charge in [-0.3, -0.25) is 0 Å². The van der Waals surface area contributed by atoms with Gasteiger partial charge < -0.3 is 10.9 Å². The van der Waals surface area contributed by atoms with Crippen molar-refractivity contribution in [3.63, 3.8) is 0 Å². The summed E-state index contributed by atoms with van der Waals surface area (Å²) in [5.41, 5.74) is 5.31. The molecule has 1 aromatic rings. The van der Waals surface area contributed by atoms with E-state index < -0.39 is 0 Å². The van der Waals surface area contributed by atoms with Gasteiger partial charge in [-0.1, -0.05) is 4.85 Å². The highest BCUT2D eigenvalue weighted by atomic mass is 32.1. The summed E-state index contributed by atoms with van der Waals surface area (Å²) >= 11 is 4.50.